The van der Waals surface area contributed by atoms with Gasteiger partial charge < -0.3 is 5.32 Å². The molecule has 0 aliphatic rings. The van der Waals surface area contributed by atoms with E-state index in [-0.39, 0.29) is 17.9 Å². The maximum atomic E-state index is 13.5. The Morgan fingerprint density at radius 1 is 1.44 bits per heavy atom. The Kier molecular flexibility index (Phi) is 4.28. The minimum absolute atomic E-state index is 0.0355. The highest BCUT2D eigenvalue weighted by Crippen LogP contribution is 2.18. The van der Waals surface area contributed by atoms with Crippen LogP contribution in [-0.2, 0) is 0 Å². The number of hydrogen-bond donors (Lipinski definition) is 1. The number of anilines is 1. The minimum atomic E-state index is -0.386. The van der Waals surface area contributed by atoms with Crippen LogP contribution in [0.2, 0.25) is 0 Å². The molecule has 1 N–H and O–H groups in total. The van der Waals surface area contributed by atoms with Gasteiger partial charge in [-0.2, -0.15) is 0 Å². The van der Waals surface area contributed by atoms with E-state index in [1.807, 2.05) is 20.8 Å². The minimum Gasteiger partial charge on any atom is -0.336 e. The van der Waals surface area contributed by atoms with Crippen molar-refractivity contribution in [3.05, 3.63) is 30.1 Å². The molecule has 0 aromatic heterocycles. The molecule has 0 atom stereocenters. The number of para-hydroxylation sites is 1. The number of carbonyl (C=O) groups is 1. The molecule has 0 aliphatic heterocycles. The Bertz CT molecular complexity index is 366. The molecular weight excluding hydrogens is 207 g/mol. The summed E-state index contributed by atoms with van der Waals surface area (Å²) in [5.74, 6) is -0.386. The summed E-state index contributed by atoms with van der Waals surface area (Å²) in [6, 6.07) is 6.02. The molecule has 0 saturated carbocycles. The van der Waals surface area contributed by atoms with Crippen LogP contribution in [0.1, 0.15) is 20.8 Å². The lowest BCUT2D eigenvalue weighted by molar-refractivity contribution is 0.244. The molecule has 88 valence electrons. The Hall–Kier alpha value is -1.58. The standard InChI is InChI=1S/C12H17FN2O/c1-4-15(12(16)14-9(2)3)11-8-6-5-7-10(11)13/h5-9H,4H2,1-3H3,(H,14,16). The van der Waals surface area contributed by atoms with Crippen LogP contribution in [0.15, 0.2) is 24.3 Å². The van der Waals surface area contributed by atoms with Crippen molar-refractivity contribution < 1.29 is 9.18 Å². The Labute approximate surface area is 95.3 Å². The van der Waals surface area contributed by atoms with Crippen LogP contribution >= 0.6 is 0 Å². The second-order valence-electron chi connectivity index (χ2n) is 3.80. The van der Waals surface area contributed by atoms with E-state index in [9.17, 15) is 9.18 Å². The second kappa shape index (κ2) is 5.49. The molecule has 1 aromatic rings. The first-order valence-corrected chi connectivity index (χ1v) is 5.38. The number of hydrogen-bond acceptors (Lipinski definition) is 1. The van der Waals surface area contributed by atoms with E-state index in [4.69, 9.17) is 0 Å². The number of nitrogens with one attached hydrogen (secondary N) is 1. The Morgan fingerprint density at radius 3 is 2.56 bits per heavy atom. The summed E-state index contributed by atoms with van der Waals surface area (Å²) in [5, 5.41) is 2.74. The fraction of sp³-hybridized carbons (Fsp3) is 0.417. The summed E-state index contributed by atoms with van der Waals surface area (Å²) in [4.78, 5) is 13.2. The van der Waals surface area contributed by atoms with Gasteiger partial charge in [0.1, 0.15) is 5.82 Å². The van der Waals surface area contributed by atoms with Gasteiger partial charge in [-0.05, 0) is 32.9 Å². The van der Waals surface area contributed by atoms with E-state index < -0.39 is 0 Å². The van der Waals surface area contributed by atoms with Gasteiger partial charge in [0.05, 0.1) is 5.69 Å². The van der Waals surface area contributed by atoms with Crippen LogP contribution in [0.5, 0.6) is 0 Å². The van der Waals surface area contributed by atoms with Crippen molar-refractivity contribution >= 4 is 11.7 Å². The van der Waals surface area contributed by atoms with Gasteiger partial charge in [-0.3, -0.25) is 4.90 Å². The number of halogens is 1. The van der Waals surface area contributed by atoms with Gasteiger partial charge in [0.2, 0.25) is 0 Å². The summed E-state index contributed by atoms with van der Waals surface area (Å²) >= 11 is 0. The highest BCUT2D eigenvalue weighted by molar-refractivity contribution is 5.92. The molecular formula is C12H17FN2O. The fourth-order valence-corrected chi connectivity index (χ4v) is 1.42. The van der Waals surface area contributed by atoms with Crippen molar-refractivity contribution in [2.75, 3.05) is 11.4 Å². The van der Waals surface area contributed by atoms with Crippen molar-refractivity contribution in [1.82, 2.24) is 5.32 Å². The van der Waals surface area contributed by atoms with Crippen LogP contribution in [-0.4, -0.2) is 18.6 Å². The summed E-state index contributed by atoms with van der Waals surface area (Å²) in [6.07, 6.45) is 0. The number of carbonyl (C=O) groups excluding carboxylic acids is 1. The Balaban J connectivity index is 2.90. The maximum Gasteiger partial charge on any atom is 0.322 e. The third-order valence-corrected chi connectivity index (χ3v) is 2.12. The third-order valence-electron chi connectivity index (χ3n) is 2.12. The van der Waals surface area contributed by atoms with Crippen LogP contribution in [0.25, 0.3) is 0 Å². The summed E-state index contributed by atoms with van der Waals surface area (Å²) < 4.78 is 13.5. The summed E-state index contributed by atoms with van der Waals surface area (Å²) in [7, 11) is 0. The molecule has 1 rings (SSSR count). The predicted octanol–water partition coefficient (Wildman–Crippen LogP) is 2.77. The number of urea groups is 1. The molecule has 0 unspecified atom stereocenters. The molecule has 4 heteroatoms. The van der Waals surface area contributed by atoms with E-state index in [1.165, 1.54) is 11.0 Å². The first-order chi connectivity index (χ1) is 7.56. The van der Waals surface area contributed by atoms with Gasteiger partial charge in [-0.25, -0.2) is 9.18 Å². The average molecular weight is 224 g/mol. The van der Waals surface area contributed by atoms with E-state index >= 15 is 0 Å². The first kappa shape index (κ1) is 12.5. The fourth-order valence-electron chi connectivity index (χ4n) is 1.42. The van der Waals surface area contributed by atoms with Crippen molar-refractivity contribution in [2.45, 2.75) is 26.8 Å². The van der Waals surface area contributed by atoms with Crippen LogP contribution in [0.3, 0.4) is 0 Å². The van der Waals surface area contributed by atoms with Crippen LogP contribution < -0.4 is 10.2 Å². The number of rotatable bonds is 3. The van der Waals surface area contributed by atoms with Crippen LogP contribution in [0, 0.1) is 5.82 Å². The molecule has 0 bridgehead atoms. The van der Waals surface area contributed by atoms with Crippen molar-refractivity contribution in [2.24, 2.45) is 0 Å². The predicted molar refractivity (Wildman–Crippen MR) is 63.1 cm³/mol. The largest absolute Gasteiger partial charge is 0.336 e. The topological polar surface area (TPSA) is 32.3 Å². The molecule has 0 radical (unpaired) electrons. The van der Waals surface area contributed by atoms with Gasteiger partial charge in [-0.15, -0.1) is 0 Å². The smallest absolute Gasteiger partial charge is 0.322 e. The summed E-state index contributed by atoms with van der Waals surface area (Å²) in [5.41, 5.74) is 0.308. The maximum absolute atomic E-state index is 13.5. The molecule has 2 amide bonds. The van der Waals surface area contributed by atoms with Gasteiger partial charge in [0, 0.05) is 12.6 Å². The highest BCUT2D eigenvalue weighted by Gasteiger charge is 2.17. The molecule has 16 heavy (non-hydrogen) atoms. The lowest BCUT2D eigenvalue weighted by atomic mass is 10.3. The van der Waals surface area contributed by atoms with E-state index in [1.54, 1.807) is 18.2 Å². The Morgan fingerprint density at radius 2 is 2.06 bits per heavy atom. The SMILES string of the molecule is CCN(C(=O)NC(C)C)c1ccccc1F. The molecule has 0 saturated heterocycles. The molecule has 0 spiro atoms. The van der Waals surface area contributed by atoms with E-state index in [0.29, 0.717) is 12.2 Å². The average Bonchev–Trinajstić information content (AvgIpc) is 2.20. The molecule has 0 heterocycles. The zero-order valence-electron chi connectivity index (χ0n) is 9.83. The highest BCUT2D eigenvalue weighted by atomic mass is 19.1. The molecule has 3 nitrogen and oxygen atoms in total. The third kappa shape index (κ3) is 2.95. The van der Waals surface area contributed by atoms with Gasteiger partial charge in [0.15, 0.2) is 0 Å². The zero-order valence-corrected chi connectivity index (χ0v) is 9.83. The monoisotopic (exact) mass is 224 g/mol. The van der Waals surface area contributed by atoms with Crippen LogP contribution in [0.4, 0.5) is 14.9 Å². The van der Waals surface area contributed by atoms with Gasteiger partial charge in [-0.1, -0.05) is 12.1 Å². The lowest BCUT2D eigenvalue weighted by Crippen LogP contribution is -2.43. The van der Waals surface area contributed by atoms with Gasteiger partial charge in [0.25, 0.3) is 0 Å². The van der Waals surface area contributed by atoms with E-state index in [0.717, 1.165) is 0 Å². The normalized spacial score (nSPS) is 10.3. The molecule has 0 aliphatic carbocycles. The quantitative estimate of drug-likeness (QED) is 0.841. The van der Waals surface area contributed by atoms with Crippen molar-refractivity contribution in [1.29, 1.82) is 0 Å². The lowest BCUT2D eigenvalue weighted by Gasteiger charge is -2.23. The zero-order chi connectivity index (χ0) is 12.1. The van der Waals surface area contributed by atoms with Gasteiger partial charge >= 0.3 is 6.03 Å². The number of nitrogens with zero attached hydrogens (tertiary/aromatic N) is 1. The van der Waals surface area contributed by atoms with E-state index in [2.05, 4.69) is 5.32 Å². The second-order valence-corrected chi connectivity index (χ2v) is 3.80. The number of benzene rings is 1. The number of amides is 2. The first-order valence-electron chi connectivity index (χ1n) is 5.38. The summed E-state index contributed by atoms with van der Waals surface area (Å²) in [6.45, 7) is 5.98. The molecule has 0 fully saturated rings. The molecule has 1 aromatic carbocycles. The van der Waals surface area contributed by atoms with Crippen molar-refractivity contribution in [3.8, 4) is 0 Å². The van der Waals surface area contributed by atoms with Crippen molar-refractivity contribution in [3.63, 3.8) is 0 Å².